The van der Waals surface area contributed by atoms with Crippen molar-refractivity contribution in [1.82, 2.24) is 0 Å². The normalized spacial score (nSPS) is 10.5. The molecule has 1 rings (SSSR count). The fourth-order valence-corrected chi connectivity index (χ4v) is 1.59. The van der Waals surface area contributed by atoms with Gasteiger partial charge in [0.15, 0.2) is 5.78 Å². The number of hydrogen-bond donors (Lipinski definition) is 0. The zero-order valence-corrected chi connectivity index (χ0v) is 11.8. The molecule has 0 aliphatic heterocycles. The van der Waals surface area contributed by atoms with E-state index in [0.29, 0.717) is 22.9 Å². The van der Waals surface area contributed by atoms with Crippen molar-refractivity contribution < 1.29 is 19.1 Å². The number of benzene rings is 1. The molecule has 0 heterocycles. The molecule has 5 heteroatoms. The second-order valence-electron chi connectivity index (χ2n) is 3.75. The number of ketones is 1. The van der Waals surface area contributed by atoms with Crippen molar-refractivity contribution in [2.24, 2.45) is 0 Å². The molecule has 0 aliphatic carbocycles. The van der Waals surface area contributed by atoms with Gasteiger partial charge >= 0.3 is 5.97 Å². The number of rotatable bonds is 5. The summed E-state index contributed by atoms with van der Waals surface area (Å²) in [4.78, 5) is 23.0. The van der Waals surface area contributed by atoms with Gasteiger partial charge in [0.05, 0.1) is 19.3 Å². The third kappa shape index (κ3) is 4.10. The van der Waals surface area contributed by atoms with Crippen molar-refractivity contribution in [1.29, 1.82) is 0 Å². The van der Waals surface area contributed by atoms with Gasteiger partial charge in [-0.3, -0.25) is 4.79 Å². The molecule has 0 spiro atoms. The molecule has 0 atom stereocenters. The lowest BCUT2D eigenvalue weighted by molar-refractivity contribution is -0.134. The molecule has 0 saturated heterocycles. The molecule has 0 aromatic heterocycles. The Morgan fingerprint density at radius 2 is 2.00 bits per heavy atom. The van der Waals surface area contributed by atoms with Gasteiger partial charge in [-0.1, -0.05) is 11.6 Å². The monoisotopic (exact) mass is 282 g/mol. The lowest BCUT2D eigenvalue weighted by Gasteiger charge is -2.10. The van der Waals surface area contributed by atoms with Crippen molar-refractivity contribution in [3.63, 3.8) is 0 Å². The Hall–Kier alpha value is -1.81. The van der Waals surface area contributed by atoms with Gasteiger partial charge in [0, 0.05) is 11.1 Å². The minimum atomic E-state index is -0.593. The highest BCUT2D eigenvalue weighted by molar-refractivity contribution is 6.32. The fourth-order valence-electron chi connectivity index (χ4n) is 1.42. The number of ether oxygens (including phenoxy) is 2. The van der Waals surface area contributed by atoms with Gasteiger partial charge in [-0.15, -0.1) is 0 Å². The van der Waals surface area contributed by atoms with Crippen LogP contribution in [0, 0.1) is 6.92 Å². The highest BCUT2D eigenvalue weighted by atomic mass is 35.5. The van der Waals surface area contributed by atoms with Crippen LogP contribution in [0.2, 0.25) is 5.02 Å². The number of carbonyl (C=O) groups excluding carboxylic acids is 2. The molecule has 19 heavy (non-hydrogen) atoms. The van der Waals surface area contributed by atoms with Crippen LogP contribution in [-0.4, -0.2) is 25.5 Å². The molecule has 102 valence electrons. The van der Waals surface area contributed by atoms with E-state index in [9.17, 15) is 9.59 Å². The molecule has 4 nitrogen and oxygen atoms in total. The first-order valence-electron chi connectivity index (χ1n) is 5.72. The van der Waals surface area contributed by atoms with E-state index in [1.807, 2.05) is 13.8 Å². The summed E-state index contributed by atoms with van der Waals surface area (Å²) in [5.41, 5.74) is 1.14. The van der Waals surface area contributed by atoms with Gasteiger partial charge in [0.25, 0.3) is 0 Å². The van der Waals surface area contributed by atoms with E-state index in [-0.39, 0.29) is 5.78 Å². The predicted octanol–water partition coefficient (Wildman–Crippen LogP) is 2.96. The first-order chi connectivity index (χ1) is 8.99. The molecule has 0 amide bonds. The third-order valence-electron chi connectivity index (χ3n) is 2.40. The smallest absolute Gasteiger partial charge is 0.330 e. The summed E-state index contributed by atoms with van der Waals surface area (Å²) in [6, 6.07) is 3.23. The number of allylic oxidation sites excluding steroid dienone is 1. The molecule has 0 aliphatic rings. The standard InChI is InChI=1S/C14H15ClO4/c1-4-19-13-7-9(2)11(15)8-10(13)12(16)5-6-14(17)18-3/h5-8H,4H2,1-3H3/b6-5+. The average Bonchev–Trinajstić information content (AvgIpc) is 2.39. The van der Waals surface area contributed by atoms with Crippen LogP contribution in [0.3, 0.4) is 0 Å². The fraction of sp³-hybridized carbons (Fsp3) is 0.286. The average molecular weight is 283 g/mol. The quantitative estimate of drug-likeness (QED) is 0.473. The van der Waals surface area contributed by atoms with Gasteiger partial charge in [0.1, 0.15) is 5.75 Å². The summed E-state index contributed by atoms with van der Waals surface area (Å²) in [5.74, 6) is -0.510. The number of aryl methyl sites for hydroxylation is 1. The molecular weight excluding hydrogens is 268 g/mol. The van der Waals surface area contributed by atoms with Gasteiger partial charge in [-0.2, -0.15) is 0 Å². The van der Waals surface area contributed by atoms with Crippen LogP contribution in [0.5, 0.6) is 5.75 Å². The number of methoxy groups -OCH3 is 1. The van der Waals surface area contributed by atoms with Crippen LogP contribution in [0.1, 0.15) is 22.8 Å². The molecule has 0 N–H and O–H groups in total. The minimum Gasteiger partial charge on any atom is -0.493 e. The first kappa shape index (κ1) is 15.2. The molecule has 1 aromatic rings. The van der Waals surface area contributed by atoms with E-state index in [0.717, 1.165) is 17.7 Å². The lowest BCUT2D eigenvalue weighted by atomic mass is 10.1. The van der Waals surface area contributed by atoms with E-state index in [4.69, 9.17) is 16.3 Å². The molecule has 0 bridgehead atoms. The summed E-state index contributed by atoms with van der Waals surface area (Å²) in [6.07, 6.45) is 2.20. The van der Waals surface area contributed by atoms with E-state index >= 15 is 0 Å². The van der Waals surface area contributed by atoms with Gasteiger partial charge in [-0.25, -0.2) is 4.79 Å². The molecular formula is C14H15ClO4. The Morgan fingerprint density at radius 3 is 2.58 bits per heavy atom. The highest BCUT2D eigenvalue weighted by Crippen LogP contribution is 2.27. The minimum absolute atomic E-state index is 0.317. The first-order valence-corrected chi connectivity index (χ1v) is 6.10. The van der Waals surface area contributed by atoms with Crippen molar-refractivity contribution >= 4 is 23.4 Å². The molecule has 1 aromatic carbocycles. The Balaban J connectivity index is 3.10. The highest BCUT2D eigenvalue weighted by Gasteiger charge is 2.13. The van der Waals surface area contributed by atoms with Crippen LogP contribution in [0.4, 0.5) is 0 Å². The summed E-state index contributed by atoms with van der Waals surface area (Å²) in [7, 11) is 1.24. The maximum absolute atomic E-state index is 12.0. The SMILES string of the molecule is CCOc1cc(C)c(Cl)cc1C(=O)/C=C/C(=O)OC. The molecule has 0 unspecified atom stereocenters. The van der Waals surface area contributed by atoms with E-state index < -0.39 is 5.97 Å². The summed E-state index contributed by atoms with van der Waals surface area (Å²) >= 11 is 6.00. The van der Waals surface area contributed by atoms with Gasteiger partial charge < -0.3 is 9.47 Å². The topological polar surface area (TPSA) is 52.6 Å². The number of halogens is 1. The van der Waals surface area contributed by atoms with Crippen LogP contribution >= 0.6 is 11.6 Å². The molecule has 0 fully saturated rings. The van der Waals surface area contributed by atoms with Gasteiger partial charge in [-0.05, 0) is 37.6 Å². The van der Waals surface area contributed by atoms with E-state index in [1.54, 1.807) is 6.07 Å². The number of carbonyl (C=O) groups is 2. The Morgan fingerprint density at radius 1 is 1.32 bits per heavy atom. The molecule has 0 radical (unpaired) electrons. The zero-order chi connectivity index (χ0) is 14.4. The maximum Gasteiger partial charge on any atom is 0.330 e. The Kier molecular flexibility index (Phi) is 5.57. The van der Waals surface area contributed by atoms with Crippen molar-refractivity contribution in [2.45, 2.75) is 13.8 Å². The van der Waals surface area contributed by atoms with Crippen LogP contribution in [-0.2, 0) is 9.53 Å². The Labute approximate surface area is 117 Å². The van der Waals surface area contributed by atoms with E-state index in [1.165, 1.54) is 13.2 Å². The van der Waals surface area contributed by atoms with Crippen LogP contribution in [0.25, 0.3) is 0 Å². The van der Waals surface area contributed by atoms with Crippen molar-refractivity contribution in [3.8, 4) is 5.75 Å². The third-order valence-corrected chi connectivity index (χ3v) is 2.81. The second-order valence-corrected chi connectivity index (χ2v) is 4.16. The zero-order valence-electron chi connectivity index (χ0n) is 11.0. The number of esters is 1. The van der Waals surface area contributed by atoms with Crippen LogP contribution in [0.15, 0.2) is 24.3 Å². The van der Waals surface area contributed by atoms with Crippen molar-refractivity contribution in [2.75, 3.05) is 13.7 Å². The van der Waals surface area contributed by atoms with Crippen LogP contribution < -0.4 is 4.74 Å². The summed E-state index contributed by atoms with van der Waals surface area (Å²) < 4.78 is 9.82. The second kappa shape index (κ2) is 6.95. The van der Waals surface area contributed by atoms with Crippen molar-refractivity contribution in [3.05, 3.63) is 40.4 Å². The maximum atomic E-state index is 12.0. The van der Waals surface area contributed by atoms with E-state index in [2.05, 4.69) is 4.74 Å². The Bertz CT molecular complexity index is 520. The largest absolute Gasteiger partial charge is 0.493 e. The predicted molar refractivity (Wildman–Crippen MR) is 72.8 cm³/mol. The summed E-state index contributed by atoms with van der Waals surface area (Å²) in [5, 5.41) is 0.471. The van der Waals surface area contributed by atoms with Gasteiger partial charge in [0.2, 0.25) is 0 Å². The number of hydrogen-bond acceptors (Lipinski definition) is 4. The molecule has 0 saturated carbocycles. The summed E-state index contributed by atoms with van der Waals surface area (Å²) in [6.45, 7) is 4.08. The lowest BCUT2D eigenvalue weighted by Crippen LogP contribution is -2.04.